The average molecular weight is 257 g/mol. The molecule has 2 fully saturated rings. The van der Waals surface area contributed by atoms with E-state index in [1.54, 1.807) is 0 Å². The number of piperidine rings is 1. The van der Waals surface area contributed by atoms with Gasteiger partial charge < -0.3 is 9.73 Å². The standard InChI is InChI=1S/C15H19N3O/c1-2-8-14-12(5-1)17-15(19-14)16-11-6-3-9-18-10-4-7-13(11)18/h1-2,5,8,11,13H,3-4,6-7,9-10H2,(H,16,17)/t11-,13-/m0/s1. The maximum atomic E-state index is 5.78. The molecule has 0 radical (unpaired) electrons. The Morgan fingerprint density at radius 2 is 2.00 bits per heavy atom. The van der Waals surface area contributed by atoms with Gasteiger partial charge in [-0.15, -0.1) is 0 Å². The van der Waals surface area contributed by atoms with Crippen molar-refractivity contribution in [3.8, 4) is 0 Å². The molecule has 4 nitrogen and oxygen atoms in total. The summed E-state index contributed by atoms with van der Waals surface area (Å²) in [5.74, 6) is 0. The first-order chi connectivity index (χ1) is 9.40. The number of rotatable bonds is 2. The van der Waals surface area contributed by atoms with Gasteiger partial charge in [0, 0.05) is 12.1 Å². The molecule has 1 N–H and O–H groups in total. The van der Waals surface area contributed by atoms with Crippen LogP contribution in [0.4, 0.5) is 6.01 Å². The van der Waals surface area contributed by atoms with Gasteiger partial charge >= 0.3 is 0 Å². The van der Waals surface area contributed by atoms with Gasteiger partial charge in [-0.3, -0.25) is 4.90 Å². The van der Waals surface area contributed by atoms with Crippen LogP contribution >= 0.6 is 0 Å². The van der Waals surface area contributed by atoms with Crippen LogP contribution in [0.25, 0.3) is 11.1 Å². The number of anilines is 1. The minimum atomic E-state index is 0.490. The molecule has 3 heterocycles. The summed E-state index contributed by atoms with van der Waals surface area (Å²) in [6.07, 6.45) is 5.13. The molecule has 100 valence electrons. The molecule has 4 heteroatoms. The van der Waals surface area contributed by atoms with Crippen LogP contribution < -0.4 is 5.32 Å². The molecule has 0 amide bonds. The van der Waals surface area contributed by atoms with Crippen molar-refractivity contribution < 1.29 is 4.42 Å². The summed E-state index contributed by atoms with van der Waals surface area (Å²) >= 11 is 0. The van der Waals surface area contributed by atoms with E-state index in [0.717, 1.165) is 11.1 Å². The van der Waals surface area contributed by atoms with Crippen LogP contribution in [0, 0.1) is 0 Å². The van der Waals surface area contributed by atoms with Crippen LogP contribution in [0.2, 0.25) is 0 Å². The zero-order chi connectivity index (χ0) is 12.7. The highest BCUT2D eigenvalue weighted by atomic mass is 16.4. The van der Waals surface area contributed by atoms with E-state index in [2.05, 4.69) is 15.2 Å². The number of benzene rings is 1. The lowest BCUT2D eigenvalue weighted by Crippen LogP contribution is -2.47. The van der Waals surface area contributed by atoms with Crippen molar-refractivity contribution in [1.82, 2.24) is 9.88 Å². The maximum absolute atomic E-state index is 5.78. The minimum absolute atomic E-state index is 0.490. The molecule has 2 aliphatic rings. The molecule has 0 bridgehead atoms. The molecule has 2 saturated heterocycles. The molecular formula is C15H19N3O. The number of fused-ring (bicyclic) bond motifs is 2. The molecule has 2 aromatic rings. The predicted molar refractivity (Wildman–Crippen MR) is 75.2 cm³/mol. The molecule has 0 unspecified atom stereocenters. The van der Waals surface area contributed by atoms with Crippen molar-refractivity contribution in [1.29, 1.82) is 0 Å². The third kappa shape index (κ3) is 2.00. The first-order valence-electron chi connectivity index (χ1n) is 7.26. The van der Waals surface area contributed by atoms with Gasteiger partial charge in [-0.1, -0.05) is 12.1 Å². The molecular weight excluding hydrogens is 238 g/mol. The smallest absolute Gasteiger partial charge is 0.295 e. The van der Waals surface area contributed by atoms with Gasteiger partial charge in [-0.2, -0.15) is 4.98 Å². The van der Waals surface area contributed by atoms with Gasteiger partial charge in [0.05, 0.1) is 0 Å². The molecule has 2 aliphatic heterocycles. The average Bonchev–Trinajstić information content (AvgIpc) is 3.04. The Morgan fingerprint density at radius 3 is 2.89 bits per heavy atom. The SMILES string of the molecule is c1ccc2oc(N[C@H]3CCCN4CCC[C@@H]34)nc2c1. The molecule has 1 aromatic heterocycles. The molecule has 0 aliphatic carbocycles. The summed E-state index contributed by atoms with van der Waals surface area (Å²) in [5, 5.41) is 3.52. The van der Waals surface area contributed by atoms with Crippen molar-refractivity contribution in [3.05, 3.63) is 24.3 Å². The molecule has 4 rings (SSSR count). The lowest BCUT2D eigenvalue weighted by molar-refractivity contribution is 0.181. The fraction of sp³-hybridized carbons (Fsp3) is 0.533. The van der Waals surface area contributed by atoms with Crippen molar-refractivity contribution in [2.75, 3.05) is 18.4 Å². The van der Waals surface area contributed by atoms with E-state index in [1.807, 2.05) is 24.3 Å². The van der Waals surface area contributed by atoms with Gasteiger partial charge in [0.1, 0.15) is 5.52 Å². The highest BCUT2D eigenvalue weighted by molar-refractivity contribution is 5.74. The second kappa shape index (κ2) is 4.53. The number of aromatic nitrogens is 1. The normalized spacial score (nSPS) is 27.6. The van der Waals surface area contributed by atoms with Crippen LogP contribution in [0.5, 0.6) is 0 Å². The summed E-state index contributed by atoms with van der Waals surface area (Å²) in [7, 11) is 0. The van der Waals surface area contributed by atoms with Crippen LogP contribution in [-0.2, 0) is 0 Å². The Hall–Kier alpha value is -1.55. The quantitative estimate of drug-likeness (QED) is 0.898. The number of para-hydroxylation sites is 2. The van der Waals surface area contributed by atoms with E-state index in [0.29, 0.717) is 18.1 Å². The van der Waals surface area contributed by atoms with Gasteiger partial charge in [0.15, 0.2) is 5.58 Å². The number of hydrogen-bond donors (Lipinski definition) is 1. The van der Waals surface area contributed by atoms with Gasteiger partial charge in [-0.05, 0) is 50.9 Å². The summed E-state index contributed by atoms with van der Waals surface area (Å²) in [4.78, 5) is 7.14. The summed E-state index contributed by atoms with van der Waals surface area (Å²) in [5.41, 5.74) is 1.80. The number of oxazole rings is 1. The summed E-state index contributed by atoms with van der Waals surface area (Å²) in [6, 6.07) is 9.78. The topological polar surface area (TPSA) is 41.3 Å². The molecule has 0 saturated carbocycles. The Bertz CT molecular complexity index is 547. The van der Waals surface area contributed by atoms with E-state index in [1.165, 1.54) is 38.8 Å². The third-order valence-corrected chi connectivity index (χ3v) is 4.44. The zero-order valence-corrected chi connectivity index (χ0v) is 11.0. The van der Waals surface area contributed by atoms with Crippen molar-refractivity contribution in [2.24, 2.45) is 0 Å². The first-order valence-corrected chi connectivity index (χ1v) is 7.26. The lowest BCUT2D eigenvalue weighted by atomic mass is 9.97. The van der Waals surface area contributed by atoms with Crippen molar-refractivity contribution in [2.45, 2.75) is 37.8 Å². The molecule has 0 spiro atoms. The van der Waals surface area contributed by atoms with Crippen molar-refractivity contribution in [3.63, 3.8) is 0 Å². The van der Waals surface area contributed by atoms with E-state index in [9.17, 15) is 0 Å². The Balaban J connectivity index is 1.56. The zero-order valence-electron chi connectivity index (χ0n) is 11.0. The van der Waals surface area contributed by atoms with Crippen molar-refractivity contribution >= 4 is 17.1 Å². The van der Waals surface area contributed by atoms with E-state index in [-0.39, 0.29) is 0 Å². The van der Waals surface area contributed by atoms with Crippen LogP contribution in [0.3, 0.4) is 0 Å². The summed E-state index contributed by atoms with van der Waals surface area (Å²) in [6.45, 7) is 2.52. The second-order valence-corrected chi connectivity index (χ2v) is 5.63. The van der Waals surface area contributed by atoms with Gasteiger partial charge in [0.25, 0.3) is 6.01 Å². The highest BCUT2D eigenvalue weighted by Gasteiger charge is 2.35. The minimum Gasteiger partial charge on any atom is -0.424 e. The first kappa shape index (κ1) is 11.3. The number of hydrogen-bond acceptors (Lipinski definition) is 4. The van der Waals surface area contributed by atoms with Crippen LogP contribution in [0.15, 0.2) is 28.7 Å². The molecule has 19 heavy (non-hydrogen) atoms. The monoisotopic (exact) mass is 257 g/mol. The Kier molecular flexibility index (Phi) is 2.69. The molecule has 2 atom stereocenters. The fourth-order valence-electron chi connectivity index (χ4n) is 3.55. The number of nitrogens with zero attached hydrogens (tertiary/aromatic N) is 2. The van der Waals surface area contributed by atoms with Gasteiger partial charge in [0.2, 0.25) is 0 Å². The lowest BCUT2D eigenvalue weighted by Gasteiger charge is -2.36. The highest BCUT2D eigenvalue weighted by Crippen LogP contribution is 2.29. The second-order valence-electron chi connectivity index (χ2n) is 5.63. The Labute approximate surface area is 112 Å². The molecule has 1 aromatic carbocycles. The maximum Gasteiger partial charge on any atom is 0.295 e. The van der Waals surface area contributed by atoms with Gasteiger partial charge in [-0.25, -0.2) is 0 Å². The van der Waals surface area contributed by atoms with E-state index < -0.39 is 0 Å². The third-order valence-electron chi connectivity index (χ3n) is 4.44. The van der Waals surface area contributed by atoms with E-state index in [4.69, 9.17) is 4.42 Å². The largest absolute Gasteiger partial charge is 0.424 e. The Morgan fingerprint density at radius 1 is 1.16 bits per heavy atom. The number of nitrogens with one attached hydrogen (secondary N) is 1. The summed E-state index contributed by atoms with van der Waals surface area (Å²) < 4.78 is 5.78. The van der Waals surface area contributed by atoms with Crippen LogP contribution in [-0.4, -0.2) is 35.1 Å². The predicted octanol–water partition coefficient (Wildman–Crippen LogP) is 2.87. The van der Waals surface area contributed by atoms with E-state index >= 15 is 0 Å². The van der Waals surface area contributed by atoms with Crippen LogP contribution in [0.1, 0.15) is 25.7 Å². The fourth-order valence-corrected chi connectivity index (χ4v) is 3.55.